The zero-order valence-electron chi connectivity index (χ0n) is 15.7. The minimum absolute atomic E-state index is 0.0527. The van der Waals surface area contributed by atoms with Crippen molar-refractivity contribution in [1.82, 2.24) is 24.6 Å². The van der Waals surface area contributed by atoms with Crippen LogP contribution in [0.5, 0.6) is 0 Å². The Hall–Kier alpha value is -1.99. The van der Waals surface area contributed by atoms with Crippen LogP contribution in [-0.2, 0) is 24.6 Å². The average molecular weight is 356 g/mol. The molecule has 140 valence electrons. The Bertz CT molecular complexity index is 745. The molecule has 0 aromatic carbocycles. The number of morpholine rings is 1. The summed E-state index contributed by atoms with van der Waals surface area (Å²) in [7, 11) is 2.00. The van der Waals surface area contributed by atoms with Gasteiger partial charge in [0.15, 0.2) is 0 Å². The maximum absolute atomic E-state index is 6.14. The van der Waals surface area contributed by atoms with E-state index in [0.717, 1.165) is 44.0 Å². The van der Waals surface area contributed by atoms with Crippen LogP contribution in [0.15, 0.2) is 18.5 Å². The molecule has 0 radical (unpaired) electrons. The number of hydrogen-bond donors (Lipinski definition) is 1. The third-order valence-electron chi connectivity index (χ3n) is 5.52. The van der Waals surface area contributed by atoms with E-state index in [1.54, 1.807) is 0 Å². The van der Waals surface area contributed by atoms with Gasteiger partial charge < -0.3 is 10.1 Å². The molecule has 1 saturated heterocycles. The SMILES string of the molecule is CCN1CCO[C@@H](CNc2cnc3c(n2)CCCC3)[C@@H]1c1ccnn1C. The molecule has 2 aromatic heterocycles. The van der Waals surface area contributed by atoms with E-state index >= 15 is 0 Å². The van der Waals surface area contributed by atoms with Crippen molar-refractivity contribution in [3.05, 3.63) is 35.5 Å². The maximum atomic E-state index is 6.14. The average Bonchev–Trinajstić information content (AvgIpc) is 3.11. The maximum Gasteiger partial charge on any atom is 0.144 e. The summed E-state index contributed by atoms with van der Waals surface area (Å²) >= 11 is 0. The highest BCUT2D eigenvalue weighted by molar-refractivity contribution is 5.35. The molecule has 0 saturated carbocycles. The summed E-state index contributed by atoms with van der Waals surface area (Å²) < 4.78 is 8.09. The number of aromatic nitrogens is 4. The van der Waals surface area contributed by atoms with E-state index in [2.05, 4.69) is 33.3 Å². The molecule has 0 spiro atoms. The number of nitrogens with zero attached hydrogens (tertiary/aromatic N) is 5. The van der Waals surface area contributed by atoms with Gasteiger partial charge in [-0.3, -0.25) is 14.6 Å². The van der Waals surface area contributed by atoms with Gasteiger partial charge >= 0.3 is 0 Å². The lowest BCUT2D eigenvalue weighted by atomic mass is 10.0. The Morgan fingerprint density at radius 2 is 2.12 bits per heavy atom. The minimum Gasteiger partial charge on any atom is -0.373 e. The second kappa shape index (κ2) is 7.72. The van der Waals surface area contributed by atoms with Crippen molar-refractivity contribution in [2.24, 2.45) is 7.05 Å². The minimum atomic E-state index is 0.0527. The fraction of sp³-hybridized carbons (Fsp3) is 0.632. The monoisotopic (exact) mass is 356 g/mol. The molecular weight excluding hydrogens is 328 g/mol. The van der Waals surface area contributed by atoms with Crippen molar-refractivity contribution in [3.63, 3.8) is 0 Å². The summed E-state index contributed by atoms with van der Waals surface area (Å²) in [6, 6.07) is 2.28. The third-order valence-corrected chi connectivity index (χ3v) is 5.52. The van der Waals surface area contributed by atoms with Crippen LogP contribution in [-0.4, -0.2) is 57.0 Å². The normalized spacial score (nSPS) is 23.6. The largest absolute Gasteiger partial charge is 0.373 e. The van der Waals surface area contributed by atoms with Crippen LogP contribution < -0.4 is 5.32 Å². The number of likely N-dealkylation sites (N-methyl/N-ethyl adjacent to an activating group) is 1. The van der Waals surface area contributed by atoms with Gasteiger partial charge in [-0.1, -0.05) is 6.92 Å². The lowest BCUT2D eigenvalue weighted by Crippen LogP contribution is -2.48. The predicted molar refractivity (Wildman–Crippen MR) is 100 cm³/mol. The van der Waals surface area contributed by atoms with Gasteiger partial charge in [-0.15, -0.1) is 0 Å². The zero-order chi connectivity index (χ0) is 17.9. The fourth-order valence-corrected chi connectivity index (χ4v) is 4.10. The predicted octanol–water partition coefficient (Wildman–Crippen LogP) is 1.96. The highest BCUT2D eigenvalue weighted by Crippen LogP contribution is 2.29. The number of aryl methyl sites for hydroxylation is 3. The fourth-order valence-electron chi connectivity index (χ4n) is 4.10. The zero-order valence-corrected chi connectivity index (χ0v) is 15.7. The Balaban J connectivity index is 1.49. The molecule has 1 N–H and O–H groups in total. The lowest BCUT2D eigenvalue weighted by molar-refractivity contribution is -0.0664. The highest BCUT2D eigenvalue weighted by atomic mass is 16.5. The number of rotatable bonds is 5. The quantitative estimate of drug-likeness (QED) is 0.883. The topological polar surface area (TPSA) is 68.1 Å². The van der Waals surface area contributed by atoms with E-state index in [1.807, 2.05) is 24.1 Å². The lowest BCUT2D eigenvalue weighted by Gasteiger charge is -2.40. The van der Waals surface area contributed by atoms with Crippen LogP contribution in [0.4, 0.5) is 5.82 Å². The van der Waals surface area contributed by atoms with Gasteiger partial charge in [0, 0.05) is 26.3 Å². The first kappa shape index (κ1) is 17.4. The summed E-state index contributed by atoms with van der Waals surface area (Å²) in [5, 5.41) is 7.82. The van der Waals surface area contributed by atoms with Gasteiger partial charge in [0.25, 0.3) is 0 Å². The van der Waals surface area contributed by atoms with Crippen LogP contribution in [0.2, 0.25) is 0 Å². The standard InChI is InChI=1S/C19H28N6O/c1-3-25-10-11-26-17(19(25)16-8-9-22-24(16)2)12-21-18-13-20-14-6-4-5-7-15(14)23-18/h8-9,13,17,19H,3-7,10-12H2,1-2H3,(H,21,23)/t17-,19-/m0/s1. The van der Waals surface area contributed by atoms with Crippen molar-refractivity contribution in [1.29, 1.82) is 0 Å². The number of anilines is 1. The van der Waals surface area contributed by atoms with E-state index in [4.69, 9.17) is 9.72 Å². The van der Waals surface area contributed by atoms with Gasteiger partial charge in [-0.25, -0.2) is 4.98 Å². The molecule has 4 rings (SSSR count). The molecule has 1 aliphatic heterocycles. The highest BCUT2D eigenvalue weighted by Gasteiger charge is 2.34. The molecule has 1 fully saturated rings. The van der Waals surface area contributed by atoms with E-state index < -0.39 is 0 Å². The van der Waals surface area contributed by atoms with Crippen molar-refractivity contribution in [2.75, 3.05) is 31.6 Å². The number of ether oxygens (including phenoxy) is 1. The Kier molecular flexibility index (Phi) is 5.17. The first-order valence-electron chi connectivity index (χ1n) is 9.68. The summed E-state index contributed by atoms with van der Waals surface area (Å²) in [5.74, 6) is 0.853. The molecule has 2 aliphatic rings. The van der Waals surface area contributed by atoms with E-state index in [1.165, 1.54) is 24.2 Å². The smallest absolute Gasteiger partial charge is 0.144 e. The van der Waals surface area contributed by atoms with Crippen LogP contribution >= 0.6 is 0 Å². The van der Waals surface area contributed by atoms with E-state index in [-0.39, 0.29) is 12.1 Å². The summed E-state index contributed by atoms with van der Waals surface area (Å²) in [5.41, 5.74) is 3.51. The second-order valence-corrected chi connectivity index (χ2v) is 7.10. The molecule has 0 bridgehead atoms. The molecule has 3 heterocycles. The van der Waals surface area contributed by atoms with E-state index in [9.17, 15) is 0 Å². The molecule has 7 heteroatoms. The molecule has 0 amide bonds. The number of hydrogen-bond acceptors (Lipinski definition) is 6. The molecular formula is C19H28N6O. The number of fused-ring (bicyclic) bond motifs is 1. The van der Waals surface area contributed by atoms with Crippen LogP contribution in [0.3, 0.4) is 0 Å². The summed E-state index contributed by atoms with van der Waals surface area (Å²) in [6.45, 7) is 5.61. The van der Waals surface area contributed by atoms with Gasteiger partial charge in [-0.2, -0.15) is 5.10 Å². The molecule has 1 aliphatic carbocycles. The molecule has 2 atom stereocenters. The van der Waals surface area contributed by atoms with E-state index in [0.29, 0.717) is 6.54 Å². The molecule has 0 unspecified atom stereocenters. The summed E-state index contributed by atoms with van der Waals surface area (Å²) in [4.78, 5) is 11.9. The third kappa shape index (κ3) is 3.46. The van der Waals surface area contributed by atoms with Crippen molar-refractivity contribution >= 4 is 5.82 Å². The van der Waals surface area contributed by atoms with Gasteiger partial charge in [-0.05, 0) is 38.3 Å². The summed E-state index contributed by atoms with van der Waals surface area (Å²) in [6.07, 6.45) is 8.31. The first-order chi connectivity index (χ1) is 12.8. The second-order valence-electron chi connectivity index (χ2n) is 7.10. The number of nitrogens with one attached hydrogen (secondary N) is 1. The Morgan fingerprint density at radius 3 is 2.88 bits per heavy atom. The van der Waals surface area contributed by atoms with Crippen molar-refractivity contribution in [2.45, 2.75) is 44.8 Å². The van der Waals surface area contributed by atoms with Crippen LogP contribution in [0, 0.1) is 0 Å². The van der Waals surface area contributed by atoms with Crippen LogP contribution in [0.1, 0.15) is 42.9 Å². The van der Waals surface area contributed by atoms with Gasteiger partial charge in [0.05, 0.1) is 42.0 Å². The van der Waals surface area contributed by atoms with Crippen molar-refractivity contribution < 1.29 is 4.74 Å². The van der Waals surface area contributed by atoms with Crippen molar-refractivity contribution in [3.8, 4) is 0 Å². The van der Waals surface area contributed by atoms with Crippen LogP contribution in [0.25, 0.3) is 0 Å². The van der Waals surface area contributed by atoms with Gasteiger partial charge in [0.1, 0.15) is 5.82 Å². The first-order valence-corrected chi connectivity index (χ1v) is 9.68. The van der Waals surface area contributed by atoms with Gasteiger partial charge in [0.2, 0.25) is 0 Å². The Labute approximate surface area is 154 Å². The Morgan fingerprint density at radius 1 is 1.27 bits per heavy atom. The molecule has 7 nitrogen and oxygen atoms in total. The molecule has 2 aromatic rings. The molecule has 26 heavy (non-hydrogen) atoms.